The fraction of sp³-hybridized carbons (Fsp3) is 0.417. The molecule has 1 amide bonds. The molecule has 0 aliphatic carbocycles. The van der Waals surface area contributed by atoms with Crippen molar-refractivity contribution in [2.45, 2.75) is 6.04 Å². The molecular weight excluding hydrogens is 367 g/mol. The van der Waals surface area contributed by atoms with Crippen LogP contribution in [0.5, 0.6) is 0 Å². The van der Waals surface area contributed by atoms with Gasteiger partial charge in [-0.25, -0.2) is 4.39 Å². The molecule has 1 saturated heterocycles. The fourth-order valence-corrected chi connectivity index (χ4v) is 2.72. The number of carbonyl (C=O) groups excluding carboxylic acids is 1. The molecule has 0 aromatic heterocycles. The molecule has 98 valence electrons. The Morgan fingerprint density at radius 2 is 2.28 bits per heavy atom. The van der Waals surface area contributed by atoms with E-state index < -0.39 is 6.67 Å². The molecule has 3 nitrogen and oxygen atoms in total. The molecule has 1 N–H and O–H groups in total. The highest BCUT2D eigenvalue weighted by molar-refractivity contribution is 9.11. The van der Waals surface area contributed by atoms with Crippen LogP contribution in [0.3, 0.4) is 0 Å². The van der Waals surface area contributed by atoms with Crippen LogP contribution < -0.4 is 5.32 Å². The van der Waals surface area contributed by atoms with E-state index in [9.17, 15) is 9.18 Å². The van der Waals surface area contributed by atoms with Crippen LogP contribution in [0.15, 0.2) is 27.1 Å². The molecule has 2 rings (SSSR count). The minimum atomic E-state index is -0.455. The van der Waals surface area contributed by atoms with Gasteiger partial charge < -0.3 is 10.2 Å². The van der Waals surface area contributed by atoms with Gasteiger partial charge in [-0.05, 0) is 34.1 Å². The molecule has 1 heterocycles. The van der Waals surface area contributed by atoms with Gasteiger partial charge in [-0.15, -0.1) is 0 Å². The van der Waals surface area contributed by atoms with Gasteiger partial charge in [-0.2, -0.15) is 0 Å². The summed E-state index contributed by atoms with van der Waals surface area (Å²) in [4.78, 5) is 14.0. The highest BCUT2D eigenvalue weighted by atomic mass is 79.9. The largest absolute Gasteiger partial charge is 0.336 e. The highest BCUT2D eigenvalue weighted by Crippen LogP contribution is 2.23. The molecule has 1 unspecified atom stereocenters. The van der Waals surface area contributed by atoms with Gasteiger partial charge in [0.15, 0.2) is 0 Å². The van der Waals surface area contributed by atoms with Crippen LogP contribution in [-0.2, 0) is 0 Å². The Morgan fingerprint density at radius 1 is 1.50 bits per heavy atom. The summed E-state index contributed by atoms with van der Waals surface area (Å²) < 4.78 is 14.3. The average Bonchev–Trinajstić information content (AvgIpc) is 2.41. The van der Waals surface area contributed by atoms with Crippen LogP contribution in [0.25, 0.3) is 0 Å². The lowest BCUT2D eigenvalue weighted by molar-refractivity contribution is 0.0691. The van der Waals surface area contributed by atoms with Crippen LogP contribution in [0, 0.1) is 0 Å². The number of nitrogens with zero attached hydrogens (tertiary/aromatic N) is 1. The van der Waals surface area contributed by atoms with Crippen LogP contribution in [0.1, 0.15) is 10.4 Å². The van der Waals surface area contributed by atoms with E-state index in [-0.39, 0.29) is 11.9 Å². The van der Waals surface area contributed by atoms with Crippen molar-refractivity contribution >= 4 is 37.8 Å². The molecular formula is C12H13Br2FN2O. The molecule has 0 spiro atoms. The van der Waals surface area contributed by atoms with Crippen molar-refractivity contribution in [3.63, 3.8) is 0 Å². The molecule has 1 aromatic rings. The molecule has 1 fully saturated rings. The normalized spacial score (nSPS) is 19.9. The summed E-state index contributed by atoms with van der Waals surface area (Å²) >= 11 is 6.72. The van der Waals surface area contributed by atoms with E-state index >= 15 is 0 Å². The number of rotatable bonds is 2. The van der Waals surface area contributed by atoms with Gasteiger partial charge in [0.25, 0.3) is 5.91 Å². The zero-order chi connectivity index (χ0) is 13.1. The molecule has 0 saturated carbocycles. The summed E-state index contributed by atoms with van der Waals surface area (Å²) in [6, 6.07) is 5.21. The van der Waals surface area contributed by atoms with Crippen molar-refractivity contribution in [3.8, 4) is 0 Å². The van der Waals surface area contributed by atoms with Crippen LogP contribution in [-0.4, -0.2) is 43.2 Å². The van der Waals surface area contributed by atoms with Crippen molar-refractivity contribution in [2.75, 3.05) is 26.3 Å². The third-order valence-corrected chi connectivity index (χ3v) is 4.07. The number of nitrogens with one attached hydrogen (secondary N) is 1. The van der Waals surface area contributed by atoms with Crippen molar-refractivity contribution in [3.05, 3.63) is 32.7 Å². The second-order valence-electron chi connectivity index (χ2n) is 4.18. The molecule has 18 heavy (non-hydrogen) atoms. The van der Waals surface area contributed by atoms with Crippen molar-refractivity contribution < 1.29 is 9.18 Å². The first-order valence-electron chi connectivity index (χ1n) is 5.65. The first-order chi connectivity index (χ1) is 8.61. The SMILES string of the molecule is O=C(c1cc(Br)ccc1Br)N1CCNC(CF)C1. The topological polar surface area (TPSA) is 32.3 Å². The Kier molecular flexibility index (Phi) is 4.75. The van der Waals surface area contributed by atoms with Gasteiger partial charge in [0, 0.05) is 28.6 Å². The number of carbonyl (C=O) groups is 1. The van der Waals surface area contributed by atoms with Gasteiger partial charge >= 0.3 is 0 Å². The minimum absolute atomic E-state index is 0.0666. The summed E-state index contributed by atoms with van der Waals surface area (Å²) in [5.41, 5.74) is 0.601. The van der Waals surface area contributed by atoms with Gasteiger partial charge in [-0.3, -0.25) is 4.79 Å². The quantitative estimate of drug-likeness (QED) is 0.856. The Balaban J connectivity index is 2.17. The predicted molar refractivity (Wildman–Crippen MR) is 75.5 cm³/mol. The van der Waals surface area contributed by atoms with Crippen LogP contribution >= 0.6 is 31.9 Å². The molecule has 1 atom stereocenters. The number of amides is 1. The van der Waals surface area contributed by atoms with Gasteiger partial charge in [0.05, 0.1) is 11.6 Å². The smallest absolute Gasteiger partial charge is 0.255 e. The predicted octanol–water partition coefficient (Wildman–Crippen LogP) is 2.60. The third-order valence-electron chi connectivity index (χ3n) is 2.89. The van der Waals surface area contributed by atoms with Gasteiger partial charge in [0.2, 0.25) is 0 Å². The number of benzene rings is 1. The van der Waals surface area contributed by atoms with Gasteiger partial charge in [0.1, 0.15) is 6.67 Å². The number of hydrogen-bond acceptors (Lipinski definition) is 2. The molecule has 1 aromatic carbocycles. The Bertz CT molecular complexity index is 456. The number of alkyl halides is 1. The molecule has 0 bridgehead atoms. The Morgan fingerprint density at radius 3 is 3.00 bits per heavy atom. The van der Waals surface area contributed by atoms with E-state index in [1.165, 1.54) is 0 Å². The average molecular weight is 380 g/mol. The molecule has 1 aliphatic heterocycles. The summed E-state index contributed by atoms with van der Waals surface area (Å²) in [6.45, 7) is 1.19. The number of hydrogen-bond donors (Lipinski definition) is 1. The monoisotopic (exact) mass is 378 g/mol. The van der Waals surface area contributed by atoms with E-state index in [2.05, 4.69) is 37.2 Å². The molecule has 1 aliphatic rings. The number of piperazine rings is 1. The van der Waals surface area contributed by atoms with E-state index in [0.717, 1.165) is 8.95 Å². The van der Waals surface area contributed by atoms with Crippen LogP contribution in [0.4, 0.5) is 4.39 Å². The first kappa shape index (κ1) is 14.0. The van der Waals surface area contributed by atoms with E-state index in [4.69, 9.17) is 0 Å². The maximum Gasteiger partial charge on any atom is 0.255 e. The lowest BCUT2D eigenvalue weighted by Crippen LogP contribution is -2.53. The highest BCUT2D eigenvalue weighted by Gasteiger charge is 2.25. The third kappa shape index (κ3) is 3.10. The zero-order valence-corrected chi connectivity index (χ0v) is 12.8. The number of halogens is 3. The minimum Gasteiger partial charge on any atom is -0.336 e. The van der Waals surface area contributed by atoms with Crippen molar-refractivity contribution in [2.24, 2.45) is 0 Å². The second-order valence-corrected chi connectivity index (χ2v) is 5.95. The van der Waals surface area contributed by atoms with Crippen molar-refractivity contribution in [1.29, 1.82) is 0 Å². The second kappa shape index (κ2) is 6.12. The van der Waals surface area contributed by atoms with E-state index in [0.29, 0.717) is 25.2 Å². The first-order valence-corrected chi connectivity index (χ1v) is 7.24. The molecule has 6 heteroatoms. The lowest BCUT2D eigenvalue weighted by Gasteiger charge is -2.32. The fourth-order valence-electron chi connectivity index (χ4n) is 1.95. The lowest BCUT2D eigenvalue weighted by atomic mass is 10.1. The summed E-state index contributed by atoms with van der Waals surface area (Å²) in [6.07, 6.45) is 0. The van der Waals surface area contributed by atoms with Gasteiger partial charge in [-0.1, -0.05) is 15.9 Å². The summed E-state index contributed by atoms with van der Waals surface area (Å²) in [5, 5.41) is 3.04. The Labute approximate surface area is 122 Å². The Hall–Kier alpha value is -0.460. The maximum atomic E-state index is 12.6. The summed E-state index contributed by atoms with van der Waals surface area (Å²) in [5.74, 6) is -0.0666. The van der Waals surface area contributed by atoms with Crippen molar-refractivity contribution in [1.82, 2.24) is 10.2 Å². The van der Waals surface area contributed by atoms with E-state index in [1.807, 2.05) is 12.1 Å². The molecule has 0 radical (unpaired) electrons. The van der Waals surface area contributed by atoms with Crippen LogP contribution in [0.2, 0.25) is 0 Å². The maximum absolute atomic E-state index is 12.6. The van der Waals surface area contributed by atoms with E-state index in [1.54, 1.807) is 11.0 Å². The zero-order valence-electron chi connectivity index (χ0n) is 9.63. The summed E-state index contributed by atoms with van der Waals surface area (Å²) in [7, 11) is 0. The standard InChI is InChI=1S/C12H13Br2FN2O/c13-8-1-2-11(14)10(5-8)12(18)17-4-3-16-9(6-15)7-17/h1-2,5,9,16H,3-4,6-7H2.